The van der Waals surface area contributed by atoms with Crippen molar-refractivity contribution in [1.82, 2.24) is 24.6 Å². The Bertz CT molecular complexity index is 760. The molecule has 6 nitrogen and oxygen atoms in total. The molecule has 0 saturated heterocycles. The molecule has 0 atom stereocenters. The van der Waals surface area contributed by atoms with Crippen molar-refractivity contribution in [3.05, 3.63) is 46.8 Å². The summed E-state index contributed by atoms with van der Waals surface area (Å²) in [5.41, 5.74) is 2.02. The SMILES string of the molecule is CCCc1cc2n[nH]c(=O)n2c(-c2cccnc2)n1. The van der Waals surface area contributed by atoms with E-state index in [9.17, 15) is 4.79 Å². The first-order valence-electron chi connectivity index (χ1n) is 6.17. The molecule has 0 saturated carbocycles. The maximum absolute atomic E-state index is 11.8. The van der Waals surface area contributed by atoms with Crippen molar-refractivity contribution in [3.8, 4) is 11.4 Å². The zero-order valence-corrected chi connectivity index (χ0v) is 10.5. The van der Waals surface area contributed by atoms with Gasteiger partial charge in [-0.05, 0) is 18.6 Å². The Morgan fingerprint density at radius 2 is 2.32 bits per heavy atom. The molecule has 0 spiro atoms. The van der Waals surface area contributed by atoms with Gasteiger partial charge in [-0.2, -0.15) is 5.10 Å². The Morgan fingerprint density at radius 3 is 3.05 bits per heavy atom. The standard InChI is InChI=1S/C13H13N5O/c1-2-4-10-7-11-16-17-13(19)18(11)12(15-10)9-5-3-6-14-8-9/h3,5-8H,2,4H2,1H3,(H,17,19). The number of nitrogens with zero attached hydrogens (tertiary/aromatic N) is 4. The van der Waals surface area contributed by atoms with Gasteiger partial charge in [0.2, 0.25) is 0 Å². The lowest BCUT2D eigenvalue weighted by atomic mass is 10.2. The molecule has 0 aliphatic heterocycles. The maximum atomic E-state index is 11.8. The van der Waals surface area contributed by atoms with Crippen LogP contribution in [0.2, 0.25) is 0 Å². The van der Waals surface area contributed by atoms with E-state index in [1.165, 1.54) is 4.40 Å². The minimum absolute atomic E-state index is 0.288. The summed E-state index contributed by atoms with van der Waals surface area (Å²) in [7, 11) is 0. The van der Waals surface area contributed by atoms with E-state index in [2.05, 4.69) is 27.1 Å². The van der Waals surface area contributed by atoms with Gasteiger partial charge in [0.15, 0.2) is 11.5 Å². The highest BCUT2D eigenvalue weighted by Crippen LogP contribution is 2.17. The lowest BCUT2D eigenvalue weighted by molar-refractivity contribution is 0.868. The highest BCUT2D eigenvalue weighted by Gasteiger charge is 2.11. The number of hydrogen-bond acceptors (Lipinski definition) is 4. The van der Waals surface area contributed by atoms with Crippen LogP contribution >= 0.6 is 0 Å². The molecular formula is C13H13N5O. The van der Waals surface area contributed by atoms with Crippen molar-refractivity contribution >= 4 is 5.65 Å². The molecule has 6 heteroatoms. The first kappa shape index (κ1) is 11.6. The average molecular weight is 255 g/mol. The van der Waals surface area contributed by atoms with Crippen molar-refractivity contribution < 1.29 is 0 Å². The predicted molar refractivity (Wildman–Crippen MR) is 70.8 cm³/mol. The van der Waals surface area contributed by atoms with Crippen molar-refractivity contribution in [2.24, 2.45) is 0 Å². The third-order valence-electron chi connectivity index (χ3n) is 2.88. The second kappa shape index (κ2) is 4.64. The van der Waals surface area contributed by atoms with Gasteiger partial charge < -0.3 is 0 Å². The molecule has 0 unspecified atom stereocenters. The van der Waals surface area contributed by atoms with Crippen molar-refractivity contribution in [1.29, 1.82) is 0 Å². The van der Waals surface area contributed by atoms with Crippen molar-refractivity contribution in [2.75, 3.05) is 0 Å². The van der Waals surface area contributed by atoms with Gasteiger partial charge in [0.05, 0.1) is 0 Å². The molecular weight excluding hydrogens is 242 g/mol. The van der Waals surface area contributed by atoms with Gasteiger partial charge in [0.1, 0.15) is 0 Å². The zero-order valence-electron chi connectivity index (χ0n) is 10.5. The van der Waals surface area contributed by atoms with Crippen LogP contribution in [0, 0.1) is 0 Å². The van der Waals surface area contributed by atoms with E-state index < -0.39 is 0 Å². The van der Waals surface area contributed by atoms with E-state index in [1.807, 2.05) is 18.2 Å². The van der Waals surface area contributed by atoms with E-state index in [-0.39, 0.29) is 5.69 Å². The second-order valence-electron chi connectivity index (χ2n) is 4.29. The summed E-state index contributed by atoms with van der Waals surface area (Å²) in [6.07, 6.45) is 5.22. The highest BCUT2D eigenvalue weighted by molar-refractivity contribution is 5.58. The van der Waals surface area contributed by atoms with Gasteiger partial charge in [-0.25, -0.2) is 19.3 Å². The Hall–Kier alpha value is -2.50. The van der Waals surface area contributed by atoms with Crippen LogP contribution in [0.5, 0.6) is 0 Å². The number of aryl methyl sites for hydroxylation is 1. The van der Waals surface area contributed by atoms with E-state index in [0.29, 0.717) is 11.5 Å². The normalized spacial score (nSPS) is 11.0. The van der Waals surface area contributed by atoms with Gasteiger partial charge >= 0.3 is 5.69 Å². The van der Waals surface area contributed by atoms with Crippen LogP contribution in [0.15, 0.2) is 35.4 Å². The molecule has 3 aromatic rings. The molecule has 19 heavy (non-hydrogen) atoms. The number of hydrogen-bond donors (Lipinski definition) is 1. The first-order valence-corrected chi connectivity index (χ1v) is 6.17. The molecule has 0 aliphatic carbocycles. The largest absolute Gasteiger partial charge is 0.349 e. The molecule has 3 rings (SSSR count). The van der Waals surface area contributed by atoms with Crippen LogP contribution in [0.3, 0.4) is 0 Å². The van der Waals surface area contributed by atoms with Crippen LogP contribution in [0.4, 0.5) is 0 Å². The average Bonchev–Trinajstić information content (AvgIpc) is 2.81. The molecule has 0 aromatic carbocycles. The summed E-state index contributed by atoms with van der Waals surface area (Å²) in [6, 6.07) is 5.53. The Morgan fingerprint density at radius 1 is 1.42 bits per heavy atom. The molecule has 0 amide bonds. The number of rotatable bonds is 3. The Kier molecular flexibility index (Phi) is 2.83. The van der Waals surface area contributed by atoms with Crippen LogP contribution in [0.1, 0.15) is 19.0 Å². The number of fused-ring (bicyclic) bond motifs is 1. The summed E-state index contributed by atoms with van der Waals surface area (Å²) >= 11 is 0. The maximum Gasteiger partial charge on any atom is 0.349 e. The smallest absolute Gasteiger partial charge is 0.264 e. The molecule has 0 bridgehead atoms. The van der Waals surface area contributed by atoms with Gasteiger partial charge in [0, 0.05) is 29.7 Å². The zero-order chi connectivity index (χ0) is 13.2. The molecule has 0 radical (unpaired) electrons. The van der Waals surface area contributed by atoms with Crippen molar-refractivity contribution in [2.45, 2.75) is 19.8 Å². The van der Waals surface area contributed by atoms with E-state index >= 15 is 0 Å². The number of H-pyrrole nitrogens is 1. The molecule has 96 valence electrons. The first-order chi connectivity index (χ1) is 9.29. The Labute approximate surface area is 109 Å². The molecule has 1 N–H and O–H groups in total. The topological polar surface area (TPSA) is 75.9 Å². The molecule has 0 aliphatic rings. The fourth-order valence-electron chi connectivity index (χ4n) is 2.05. The third kappa shape index (κ3) is 2.01. The van der Waals surface area contributed by atoms with Gasteiger partial charge in [-0.15, -0.1) is 0 Å². The monoisotopic (exact) mass is 255 g/mol. The fraction of sp³-hybridized carbons (Fsp3) is 0.231. The number of aromatic amines is 1. The lowest BCUT2D eigenvalue weighted by Gasteiger charge is -2.06. The number of pyridine rings is 1. The minimum atomic E-state index is -0.288. The van der Waals surface area contributed by atoms with Crippen molar-refractivity contribution in [3.63, 3.8) is 0 Å². The summed E-state index contributed by atoms with van der Waals surface area (Å²) < 4.78 is 1.47. The summed E-state index contributed by atoms with van der Waals surface area (Å²) in [5.74, 6) is 0.577. The van der Waals surface area contributed by atoms with Gasteiger partial charge in [-0.1, -0.05) is 13.3 Å². The minimum Gasteiger partial charge on any atom is -0.264 e. The lowest BCUT2D eigenvalue weighted by Crippen LogP contribution is -2.13. The van der Waals surface area contributed by atoms with E-state index in [1.54, 1.807) is 12.4 Å². The van der Waals surface area contributed by atoms with Crippen LogP contribution in [-0.2, 0) is 6.42 Å². The fourth-order valence-corrected chi connectivity index (χ4v) is 2.05. The molecule has 3 heterocycles. The van der Waals surface area contributed by atoms with Crippen LogP contribution in [0.25, 0.3) is 17.0 Å². The summed E-state index contributed by atoms with van der Waals surface area (Å²) in [6.45, 7) is 2.09. The second-order valence-corrected chi connectivity index (χ2v) is 4.29. The number of nitrogens with one attached hydrogen (secondary N) is 1. The predicted octanol–water partition coefficient (Wildman–Crippen LogP) is 1.43. The van der Waals surface area contributed by atoms with E-state index in [4.69, 9.17) is 0 Å². The Balaban J connectivity index is 2.31. The quantitative estimate of drug-likeness (QED) is 0.768. The van der Waals surface area contributed by atoms with Crippen LogP contribution in [-0.4, -0.2) is 24.6 Å². The van der Waals surface area contributed by atoms with Crippen LogP contribution < -0.4 is 5.69 Å². The van der Waals surface area contributed by atoms with E-state index in [0.717, 1.165) is 24.1 Å². The molecule has 0 fully saturated rings. The number of aromatic nitrogens is 5. The van der Waals surface area contributed by atoms with Gasteiger partial charge in [-0.3, -0.25) is 4.98 Å². The molecule has 3 aromatic heterocycles. The highest BCUT2D eigenvalue weighted by atomic mass is 16.1. The van der Waals surface area contributed by atoms with Gasteiger partial charge in [0.25, 0.3) is 0 Å². The summed E-state index contributed by atoms with van der Waals surface area (Å²) in [4.78, 5) is 20.5. The third-order valence-corrected chi connectivity index (χ3v) is 2.88. The summed E-state index contributed by atoms with van der Waals surface area (Å²) in [5, 5.41) is 6.47.